The highest BCUT2D eigenvalue weighted by Gasteiger charge is 2.33. The summed E-state index contributed by atoms with van der Waals surface area (Å²) in [5.74, 6) is -4.03. The quantitative estimate of drug-likeness (QED) is 0.186. The van der Waals surface area contributed by atoms with Crippen LogP contribution in [0.3, 0.4) is 0 Å². The number of esters is 1. The van der Waals surface area contributed by atoms with Crippen LogP contribution < -0.4 is 26.6 Å². The fourth-order valence-electron chi connectivity index (χ4n) is 4.75. The van der Waals surface area contributed by atoms with E-state index in [2.05, 4.69) is 33.5 Å². The zero-order valence-electron chi connectivity index (χ0n) is 27.3. The van der Waals surface area contributed by atoms with E-state index in [4.69, 9.17) is 4.74 Å². The lowest BCUT2D eigenvalue weighted by atomic mass is 9.99. The number of carbonyl (C=O) groups is 6. The third-order valence-corrected chi connectivity index (χ3v) is 7.35. The summed E-state index contributed by atoms with van der Waals surface area (Å²) >= 11 is 0. The van der Waals surface area contributed by atoms with Gasteiger partial charge in [0.1, 0.15) is 30.3 Å². The molecule has 12 heteroatoms. The van der Waals surface area contributed by atoms with Gasteiger partial charge in [-0.3, -0.25) is 24.0 Å². The second kappa shape index (κ2) is 19.2. The number of amides is 5. The van der Waals surface area contributed by atoms with Crippen molar-refractivity contribution in [3.8, 4) is 0 Å². The van der Waals surface area contributed by atoms with E-state index < -0.39 is 65.8 Å². The molecule has 5 N–H and O–H groups in total. The van der Waals surface area contributed by atoms with E-state index >= 15 is 0 Å². The second-order valence-corrected chi connectivity index (χ2v) is 12.7. The fraction of sp³-hybridized carbons (Fsp3) is 0.806. The van der Waals surface area contributed by atoms with Gasteiger partial charge in [-0.1, -0.05) is 74.1 Å². The van der Waals surface area contributed by atoms with Gasteiger partial charge in [-0.2, -0.15) is 0 Å². The molecule has 1 aliphatic heterocycles. The zero-order chi connectivity index (χ0) is 32.7. The van der Waals surface area contributed by atoms with Gasteiger partial charge in [-0.05, 0) is 43.9 Å². The van der Waals surface area contributed by atoms with Gasteiger partial charge < -0.3 is 31.3 Å². The van der Waals surface area contributed by atoms with Crippen molar-refractivity contribution in [2.24, 2.45) is 17.8 Å². The molecule has 0 aromatic carbocycles. The molecule has 0 spiro atoms. The largest absolute Gasteiger partial charge is 0.460 e. The van der Waals surface area contributed by atoms with Crippen LogP contribution in [0.15, 0.2) is 0 Å². The minimum atomic E-state index is -1.02. The van der Waals surface area contributed by atoms with Gasteiger partial charge in [0.2, 0.25) is 29.5 Å². The molecule has 1 saturated heterocycles. The van der Waals surface area contributed by atoms with Gasteiger partial charge in [0.25, 0.3) is 0 Å². The van der Waals surface area contributed by atoms with E-state index in [1.54, 1.807) is 27.7 Å². The number of carbonyl (C=O) groups excluding carboxylic acids is 6. The van der Waals surface area contributed by atoms with Crippen LogP contribution in [0.25, 0.3) is 0 Å². The molecule has 1 heterocycles. The predicted molar refractivity (Wildman–Crippen MR) is 163 cm³/mol. The number of cyclic esters (lactones) is 1. The van der Waals surface area contributed by atoms with Gasteiger partial charge in [0.15, 0.2) is 0 Å². The summed E-state index contributed by atoms with van der Waals surface area (Å²) in [6, 6.07) is -3.95. The molecule has 12 nitrogen and oxygen atoms in total. The predicted octanol–water partition coefficient (Wildman–Crippen LogP) is 2.10. The van der Waals surface area contributed by atoms with E-state index in [9.17, 15) is 28.8 Å². The molecule has 0 aromatic rings. The van der Waals surface area contributed by atoms with Crippen molar-refractivity contribution < 1.29 is 33.5 Å². The maximum atomic E-state index is 13.3. The first-order valence-corrected chi connectivity index (χ1v) is 15.8. The molecule has 5 amide bonds. The standard InChI is InChI=1S/C31H55N5O7/c1-9-10-11-12-13-14-22-16-24(37)32-17-25(38)35-26(19(4)5)30(41)34-23(15-18(2)3)29(40)33-21(8)28(39)36-27(20(6)7)31(42)43-22/h18-23,26-27H,9-17H2,1-8H3,(H,32,37)(H,33,40)(H,34,41)(H,35,38)(H,36,39)/t21-,22+,23+,26-,27-/m0/s1. The average Bonchev–Trinajstić information content (AvgIpc) is 2.91. The molecule has 0 aromatic heterocycles. The van der Waals surface area contributed by atoms with E-state index in [0.29, 0.717) is 12.8 Å². The minimum Gasteiger partial charge on any atom is -0.460 e. The van der Waals surface area contributed by atoms with Crippen molar-refractivity contribution in [1.82, 2.24) is 26.6 Å². The molecule has 1 aliphatic rings. The Morgan fingerprint density at radius 1 is 0.721 bits per heavy atom. The van der Waals surface area contributed by atoms with Crippen molar-refractivity contribution in [3.63, 3.8) is 0 Å². The Balaban J connectivity index is 3.31. The van der Waals surface area contributed by atoms with E-state index in [0.717, 1.165) is 32.1 Å². The van der Waals surface area contributed by atoms with Crippen LogP contribution in [-0.2, 0) is 33.5 Å². The van der Waals surface area contributed by atoms with Crippen molar-refractivity contribution in [3.05, 3.63) is 0 Å². The van der Waals surface area contributed by atoms with Crippen LogP contribution in [0.4, 0.5) is 0 Å². The number of nitrogens with one attached hydrogen (secondary N) is 5. The maximum absolute atomic E-state index is 13.3. The number of hydrogen-bond donors (Lipinski definition) is 5. The Morgan fingerprint density at radius 3 is 1.93 bits per heavy atom. The second-order valence-electron chi connectivity index (χ2n) is 12.7. The number of ether oxygens (including phenoxy) is 1. The Bertz CT molecular complexity index is 953. The smallest absolute Gasteiger partial charge is 0.329 e. The van der Waals surface area contributed by atoms with Crippen molar-refractivity contribution in [2.45, 2.75) is 137 Å². The maximum Gasteiger partial charge on any atom is 0.329 e. The SMILES string of the molecule is CCCCCCC[C@@H]1CC(=O)NCC(=O)N[C@@H](C(C)C)C(=O)N[C@H](CC(C)C)C(=O)N[C@@H](C)C(=O)N[C@@H](C(C)C)C(=O)O1. The lowest BCUT2D eigenvalue weighted by Gasteiger charge is -2.27. The number of unbranched alkanes of at least 4 members (excludes halogenated alkanes) is 4. The first kappa shape index (κ1) is 37.8. The minimum absolute atomic E-state index is 0.0313. The van der Waals surface area contributed by atoms with Crippen LogP contribution in [0, 0.1) is 17.8 Å². The third kappa shape index (κ3) is 14.2. The summed E-state index contributed by atoms with van der Waals surface area (Å²) in [5.41, 5.74) is 0. The molecular weight excluding hydrogens is 554 g/mol. The topological polar surface area (TPSA) is 172 Å². The molecule has 0 aliphatic carbocycles. The summed E-state index contributed by atoms with van der Waals surface area (Å²) < 4.78 is 5.76. The lowest BCUT2D eigenvalue weighted by Crippen LogP contribution is -2.58. The molecule has 0 radical (unpaired) electrons. The van der Waals surface area contributed by atoms with E-state index in [1.165, 1.54) is 6.92 Å². The third-order valence-electron chi connectivity index (χ3n) is 7.35. The molecule has 0 saturated carbocycles. The average molecular weight is 610 g/mol. The van der Waals surface area contributed by atoms with Crippen LogP contribution in [0.1, 0.15) is 107 Å². The Kier molecular flexibility index (Phi) is 16.9. The van der Waals surface area contributed by atoms with Crippen LogP contribution in [-0.4, -0.2) is 72.3 Å². The molecule has 1 rings (SSSR count). The molecule has 0 unspecified atom stereocenters. The fourth-order valence-corrected chi connectivity index (χ4v) is 4.75. The lowest BCUT2D eigenvalue weighted by molar-refractivity contribution is -0.156. The summed E-state index contributed by atoms with van der Waals surface area (Å²) in [6.45, 7) is 14.1. The van der Waals surface area contributed by atoms with Crippen molar-refractivity contribution >= 4 is 35.5 Å². The molecule has 43 heavy (non-hydrogen) atoms. The van der Waals surface area contributed by atoms with E-state index in [-0.39, 0.29) is 30.7 Å². The highest BCUT2D eigenvalue weighted by Crippen LogP contribution is 2.16. The molecule has 5 atom stereocenters. The van der Waals surface area contributed by atoms with Gasteiger partial charge >= 0.3 is 5.97 Å². The Morgan fingerprint density at radius 2 is 1.35 bits per heavy atom. The summed E-state index contributed by atoms with van der Waals surface area (Å²) in [4.78, 5) is 78.4. The van der Waals surface area contributed by atoms with Gasteiger partial charge in [0, 0.05) is 0 Å². The molecule has 1 fully saturated rings. The first-order chi connectivity index (χ1) is 20.2. The Labute approximate surface area is 257 Å². The molecule has 0 bridgehead atoms. The normalized spacial score (nSPS) is 25.6. The zero-order valence-corrected chi connectivity index (χ0v) is 27.3. The van der Waals surface area contributed by atoms with Crippen LogP contribution in [0.2, 0.25) is 0 Å². The highest BCUT2D eigenvalue weighted by atomic mass is 16.5. The number of hydrogen-bond acceptors (Lipinski definition) is 7. The van der Waals surface area contributed by atoms with Gasteiger partial charge in [0.05, 0.1) is 13.0 Å². The summed E-state index contributed by atoms with van der Waals surface area (Å²) in [5, 5.41) is 13.3. The highest BCUT2D eigenvalue weighted by molar-refractivity contribution is 5.95. The molecular formula is C31H55N5O7. The molecule has 246 valence electrons. The first-order valence-electron chi connectivity index (χ1n) is 15.8. The monoisotopic (exact) mass is 609 g/mol. The number of rotatable bonds is 10. The van der Waals surface area contributed by atoms with E-state index in [1.807, 2.05) is 13.8 Å². The van der Waals surface area contributed by atoms with Gasteiger partial charge in [-0.25, -0.2) is 4.79 Å². The van der Waals surface area contributed by atoms with Gasteiger partial charge in [-0.15, -0.1) is 0 Å². The summed E-state index contributed by atoms with van der Waals surface area (Å²) in [7, 11) is 0. The van der Waals surface area contributed by atoms with Crippen LogP contribution >= 0.6 is 0 Å². The Hall–Kier alpha value is -3.18. The summed E-state index contributed by atoms with van der Waals surface area (Å²) in [6.07, 6.45) is 4.71. The van der Waals surface area contributed by atoms with Crippen LogP contribution in [0.5, 0.6) is 0 Å². The van der Waals surface area contributed by atoms with Crippen molar-refractivity contribution in [2.75, 3.05) is 6.54 Å². The van der Waals surface area contributed by atoms with Crippen molar-refractivity contribution in [1.29, 1.82) is 0 Å².